The van der Waals surface area contributed by atoms with Gasteiger partial charge in [-0.1, -0.05) is 24.2 Å². The van der Waals surface area contributed by atoms with E-state index in [2.05, 4.69) is 5.16 Å². The van der Waals surface area contributed by atoms with Crippen molar-refractivity contribution < 1.29 is 26.2 Å². The van der Waals surface area contributed by atoms with E-state index >= 15 is 0 Å². The summed E-state index contributed by atoms with van der Waals surface area (Å²) < 4.78 is 53.8. The highest BCUT2D eigenvalue weighted by molar-refractivity contribution is 7.91. The van der Waals surface area contributed by atoms with Gasteiger partial charge in [-0.2, -0.15) is 0 Å². The molecule has 3 aromatic rings. The van der Waals surface area contributed by atoms with Crippen molar-refractivity contribution in [1.82, 2.24) is 10.1 Å². The SMILES string of the molecule is CCS(=O)(=O)c1ccc(-c2cc(C(=O)N(Cc3ccc(N(C)C)cc3)C3CCS(=O)(=O)C3)no2)cc1. The minimum absolute atomic E-state index is 0.00209. The van der Waals surface area contributed by atoms with E-state index in [-0.39, 0.29) is 34.4 Å². The lowest BCUT2D eigenvalue weighted by atomic mass is 10.1. The van der Waals surface area contributed by atoms with Crippen LogP contribution in [0.1, 0.15) is 29.4 Å². The number of hydrogen-bond acceptors (Lipinski definition) is 8. The zero-order valence-electron chi connectivity index (χ0n) is 20.4. The Bertz CT molecular complexity index is 1440. The second-order valence-electron chi connectivity index (χ2n) is 9.05. The van der Waals surface area contributed by atoms with E-state index < -0.39 is 31.6 Å². The maximum absolute atomic E-state index is 13.5. The van der Waals surface area contributed by atoms with Crippen LogP contribution < -0.4 is 4.90 Å². The summed E-state index contributed by atoms with van der Waals surface area (Å²) in [6.45, 7) is 1.81. The highest BCUT2D eigenvalue weighted by Gasteiger charge is 2.36. The van der Waals surface area contributed by atoms with Crippen LogP contribution in [0.4, 0.5) is 5.69 Å². The van der Waals surface area contributed by atoms with Crippen LogP contribution in [-0.2, 0) is 26.2 Å². The van der Waals surface area contributed by atoms with Gasteiger partial charge in [-0.05, 0) is 48.4 Å². The Kier molecular flexibility index (Phi) is 7.24. The predicted octanol–water partition coefficient (Wildman–Crippen LogP) is 3.03. The van der Waals surface area contributed by atoms with Gasteiger partial charge in [0.05, 0.1) is 22.2 Å². The Labute approximate surface area is 211 Å². The summed E-state index contributed by atoms with van der Waals surface area (Å²) in [7, 11) is -2.67. The molecule has 0 aliphatic carbocycles. The van der Waals surface area contributed by atoms with Gasteiger partial charge in [0.15, 0.2) is 31.1 Å². The summed E-state index contributed by atoms with van der Waals surface area (Å²) in [4.78, 5) is 17.2. The Balaban J connectivity index is 1.59. The number of anilines is 1. The minimum atomic E-state index is -3.33. The number of amides is 1. The largest absolute Gasteiger partial charge is 0.378 e. The van der Waals surface area contributed by atoms with Crippen LogP contribution in [0.15, 0.2) is 64.0 Å². The average molecular weight is 532 g/mol. The summed E-state index contributed by atoms with van der Waals surface area (Å²) in [6.07, 6.45) is 0.363. The average Bonchev–Trinajstić information content (AvgIpc) is 3.49. The zero-order valence-corrected chi connectivity index (χ0v) is 22.0. The first-order chi connectivity index (χ1) is 17.0. The van der Waals surface area contributed by atoms with Gasteiger partial charge in [-0.3, -0.25) is 4.79 Å². The van der Waals surface area contributed by atoms with Gasteiger partial charge in [0.25, 0.3) is 5.91 Å². The first-order valence-corrected chi connectivity index (χ1v) is 15.0. The van der Waals surface area contributed by atoms with Crippen LogP contribution >= 0.6 is 0 Å². The molecule has 0 radical (unpaired) electrons. The molecule has 1 aliphatic rings. The second kappa shape index (κ2) is 10.1. The Morgan fingerprint density at radius 3 is 2.31 bits per heavy atom. The molecule has 1 unspecified atom stereocenters. The predicted molar refractivity (Wildman–Crippen MR) is 137 cm³/mol. The molecule has 1 atom stereocenters. The van der Waals surface area contributed by atoms with Gasteiger partial charge in [-0.25, -0.2) is 16.8 Å². The summed E-state index contributed by atoms with van der Waals surface area (Å²) in [6, 6.07) is 14.9. The number of hydrogen-bond donors (Lipinski definition) is 0. The number of carbonyl (C=O) groups is 1. The Morgan fingerprint density at radius 2 is 1.75 bits per heavy atom. The number of benzene rings is 2. The van der Waals surface area contributed by atoms with Gasteiger partial charge < -0.3 is 14.3 Å². The van der Waals surface area contributed by atoms with Crippen molar-refractivity contribution in [2.45, 2.75) is 30.8 Å². The summed E-state index contributed by atoms with van der Waals surface area (Å²) in [5.74, 6) is -0.162. The van der Waals surface area contributed by atoms with Gasteiger partial charge in [0.1, 0.15) is 0 Å². The number of rotatable bonds is 8. The van der Waals surface area contributed by atoms with Crippen molar-refractivity contribution in [1.29, 1.82) is 0 Å². The number of sulfone groups is 2. The molecule has 0 spiro atoms. The van der Waals surface area contributed by atoms with E-state index in [4.69, 9.17) is 4.52 Å². The Hall–Kier alpha value is -3.18. The summed E-state index contributed by atoms with van der Waals surface area (Å²) in [5.41, 5.74) is 2.52. The van der Waals surface area contributed by atoms with Crippen LogP contribution in [0.5, 0.6) is 0 Å². The van der Waals surface area contributed by atoms with Gasteiger partial charge in [-0.15, -0.1) is 0 Å². The van der Waals surface area contributed by atoms with E-state index in [1.165, 1.54) is 18.2 Å². The van der Waals surface area contributed by atoms with Crippen molar-refractivity contribution in [3.63, 3.8) is 0 Å². The molecule has 36 heavy (non-hydrogen) atoms. The molecule has 1 fully saturated rings. The summed E-state index contributed by atoms with van der Waals surface area (Å²) in [5, 5.41) is 3.95. The highest BCUT2D eigenvalue weighted by atomic mass is 32.2. The molecule has 2 aromatic carbocycles. The van der Waals surface area contributed by atoms with Crippen LogP contribution in [0.2, 0.25) is 0 Å². The molecule has 11 heteroatoms. The van der Waals surface area contributed by atoms with Crippen molar-refractivity contribution in [2.24, 2.45) is 0 Å². The third kappa shape index (κ3) is 5.62. The molecule has 1 saturated heterocycles. The molecule has 1 aromatic heterocycles. The molecular weight excluding hydrogens is 502 g/mol. The van der Waals surface area contributed by atoms with Crippen molar-refractivity contribution in [2.75, 3.05) is 36.3 Å². The van der Waals surface area contributed by atoms with Crippen LogP contribution in [0.25, 0.3) is 11.3 Å². The van der Waals surface area contributed by atoms with E-state index in [0.29, 0.717) is 17.7 Å². The molecule has 192 valence electrons. The van der Waals surface area contributed by atoms with Crippen molar-refractivity contribution >= 4 is 31.3 Å². The molecule has 4 rings (SSSR count). The van der Waals surface area contributed by atoms with Gasteiger partial charge in [0.2, 0.25) is 0 Å². The molecule has 1 aliphatic heterocycles. The van der Waals surface area contributed by atoms with E-state index in [1.54, 1.807) is 24.0 Å². The quantitative estimate of drug-likeness (QED) is 0.435. The van der Waals surface area contributed by atoms with Crippen LogP contribution in [-0.4, -0.2) is 70.2 Å². The minimum Gasteiger partial charge on any atom is -0.378 e. The lowest BCUT2D eigenvalue weighted by Gasteiger charge is -2.27. The highest BCUT2D eigenvalue weighted by Crippen LogP contribution is 2.26. The molecular formula is C25H29N3O6S2. The fraction of sp³-hybridized carbons (Fsp3) is 0.360. The van der Waals surface area contributed by atoms with E-state index in [1.807, 2.05) is 43.3 Å². The fourth-order valence-electron chi connectivity index (χ4n) is 4.14. The second-order valence-corrected chi connectivity index (χ2v) is 13.6. The lowest BCUT2D eigenvalue weighted by molar-refractivity contribution is 0.0670. The Morgan fingerprint density at radius 1 is 1.08 bits per heavy atom. The number of carbonyl (C=O) groups excluding carboxylic acids is 1. The maximum atomic E-state index is 13.5. The molecule has 1 amide bonds. The van der Waals surface area contributed by atoms with E-state index in [9.17, 15) is 21.6 Å². The fourth-order valence-corrected chi connectivity index (χ4v) is 6.75. The third-order valence-electron chi connectivity index (χ3n) is 6.32. The van der Waals surface area contributed by atoms with Crippen molar-refractivity contribution in [3.05, 3.63) is 65.9 Å². The van der Waals surface area contributed by atoms with Crippen LogP contribution in [0.3, 0.4) is 0 Å². The lowest BCUT2D eigenvalue weighted by Crippen LogP contribution is -2.40. The first kappa shape index (κ1) is 25.9. The molecule has 0 saturated carbocycles. The van der Waals surface area contributed by atoms with Gasteiger partial charge in [0, 0.05) is 44.0 Å². The number of nitrogens with zero attached hydrogens (tertiary/aromatic N) is 3. The zero-order chi connectivity index (χ0) is 26.1. The topological polar surface area (TPSA) is 118 Å². The molecule has 0 bridgehead atoms. The normalized spacial score (nSPS) is 17.1. The van der Waals surface area contributed by atoms with Gasteiger partial charge >= 0.3 is 0 Å². The monoisotopic (exact) mass is 531 g/mol. The smallest absolute Gasteiger partial charge is 0.276 e. The summed E-state index contributed by atoms with van der Waals surface area (Å²) >= 11 is 0. The first-order valence-electron chi connectivity index (χ1n) is 11.6. The molecule has 2 heterocycles. The van der Waals surface area contributed by atoms with E-state index in [0.717, 1.165) is 11.3 Å². The number of aromatic nitrogens is 1. The third-order valence-corrected chi connectivity index (χ3v) is 9.82. The standard InChI is InChI=1S/C25H29N3O6S2/c1-4-36(32,33)22-11-7-19(8-12-22)24-15-23(26-34-24)25(29)28(21-13-14-35(30,31)17-21)16-18-5-9-20(10-6-18)27(2)3/h5-12,15,21H,4,13-14,16-17H2,1-3H3. The maximum Gasteiger partial charge on any atom is 0.276 e. The molecule has 9 nitrogen and oxygen atoms in total. The van der Waals surface area contributed by atoms with Crippen molar-refractivity contribution in [3.8, 4) is 11.3 Å². The molecule has 0 N–H and O–H groups in total. The van der Waals surface area contributed by atoms with Crippen LogP contribution in [0, 0.1) is 0 Å².